The lowest BCUT2D eigenvalue weighted by molar-refractivity contribution is -0.384. The number of ether oxygens (including phenoxy) is 1. The van der Waals surface area contributed by atoms with Crippen LogP contribution in [-0.4, -0.2) is 42.9 Å². The fraction of sp³-hybridized carbons (Fsp3) is 0.538. The molecule has 1 saturated carbocycles. The lowest BCUT2D eigenvalue weighted by atomic mass is 9.77. The van der Waals surface area contributed by atoms with Gasteiger partial charge in [0.2, 0.25) is 10.0 Å². The number of nitro benzene ring substituents is 1. The van der Waals surface area contributed by atoms with Crippen LogP contribution in [0.3, 0.4) is 0 Å². The van der Waals surface area contributed by atoms with Crippen molar-refractivity contribution in [2.45, 2.75) is 29.7 Å². The number of rotatable bonds is 3. The van der Waals surface area contributed by atoms with Crippen LogP contribution in [0.15, 0.2) is 29.2 Å². The van der Waals surface area contributed by atoms with Crippen LogP contribution in [0.5, 0.6) is 0 Å². The van der Waals surface area contributed by atoms with Crippen molar-refractivity contribution < 1.29 is 18.1 Å². The Hall–Kier alpha value is -1.51. The van der Waals surface area contributed by atoms with Crippen LogP contribution in [0, 0.1) is 10.1 Å². The second-order valence-corrected chi connectivity index (χ2v) is 7.32. The molecule has 0 atom stereocenters. The summed E-state index contributed by atoms with van der Waals surface area (Å²) in [5.41, 5.74) is -0.534. The van der Waals surface area contributed by atoms with Crippen LogP contribution in [0.2, 0.25) is 0 Å². The molecule has 0 amide bonds. The van der Waals surface area contributed by atoms with Crippen LogP contribution >= 0.6 is 0 Å². The highest BCUT2D eigenvalue weighted by Crippen LogP contribution is 2.42. The molecule has 0 unspecified atom stereocenters. The normalized spacial score (nSPS) is 21.9. The van der Waals surface area contributed by atoms with Crippen molar-refractivity contribution in [3.05, 3.63) is 34.4 Å². The lowest BCUT2D eigenvalue weighted by Gasteiger charge is -2.51. The molecule has 0 N–H and O–H groups in total. The molecule has 1 aromatic rings. The molecule has 0 aromatic heterocycles. The van der Waals surface area contributed by atoms with Crippen molar-refractivity contribution in [3.63, 3.8) is 0 Å². The summed E-state index contributed by atoms with van der Waals surface area (Å²) in [6.45, 7) is 1.15. The van der Waals surface area contributed by atoms with Crippen LogP contribution in [0.25, 0.3) is 0 Å². The number of morpholine rings is 1. The van der Waals surface area contributed by atoms with Crippen molar-refractivity contribution in [1.82, 2.24) is 4.31 Å². The Kier molecular flexibility index (Phi) is 3.46. The highest BCUT2D eigenvalue weighted by Gasteiger charge is 2.50. The van der Waals surface area contributed by atoms with Gasteiger partial charge in [-0.3, -0.25) is 10.1 Å². The van der Waals surface area contributed by atoms with Gasteiger partial charge in [-0.1, -0.05) is 0 Å². The first-order valence-corrected chi connectivity index (χ1v) is 8.25. The lowest BCUT2D eigenvalue weighted by Crippen LogP contribution is -2.62. The molecule has 1 saturated heterocycles. The summed E-state index contributed by atoms with van der Waals surface area (Å²) in [6, 6.07) is 5.05. The third-order valence-electron chi connectivity index (χ3n) is 4.26. The third-order valence-corrected chi connectivity index (χ3v) is 6.28. The molecule has 0 radical (unpaired) electrons. The van der Waals surface area contributed by atoms with Crippen molar-refractivity contribution in [2.75, 3.05) is 19.8 Å². The van der Waals surface area contributed by atoms with Gasteiger partial charge in [-0.25, -0.2) is 8.42 Å². The number of hydrogen-bond acceptors (Lipinski definition) is 5. The summed E-state index contributed by atoms with van der Waals surface area (Å²) in [4.78, 5) is 10.2. The molecule has 2 fully saturated rings. The maximum atomic E-state index is 12.8. The Morgan fingerprint density at radius 3 is 2.43 bits per heavy atom. The van der Waals surface area contributed by atoms with Crippen LogP contribution < -0.4 is 0 Å². The Morgan fingerprint density at radius 2 is 1.90 bits per heavy atom. The monoisotopic (exact) mass is 312 g/mol. The van der Waals surface area contributed by atoms with E-state index in [1.807, 2.05) is 0 Å². The van der Waals surface area contributed by atoms with E-state index in [2.05, 4.69) is 0 Å². The van der Waals surface area contributed by atoms with Gasteiger partial charge in [0.05, 0.1) is 28.6 Å². The molecule has 3 rings (SSSR count). The zero-order chi connectivity index (χ0) is 15.1. The van der Waals surface area contributed by atoms with E-state index in [1.165, 1.54) is 28.6 Å². The van der Waals surface area contributed by atoms with Gasteiger partial charge in [-0.15, -0.1) is 0 Å². The largest absolute Gasteiger partial charge is 0.378 e. The van der Waals surface area contributed by atoms with Crippen molar-refractivity contribution in [3.8, 4) is 0 Å². The van der Waals surface area contributed by atoms with Crippen LogP contribution in [0.4, 0.5) is 5.69 Å². The topological polar surface area (TPSA) is 89.8 Å². The summed E-state index contributed by atoms with van der Waals surface area (Å²) in [5, 5.41) is 10.7. The zero-order valence-corrected chi connectivity index (χ0v) is 12.2. The number of benzene rings is 1. The van der Waals surface area contributed by atoms with Crippen molar-refractivity contribution in [1.29, 1.82) is 0 Å². The molecule has 21 heavy (non-hydrogen) atoms. The summed E-state index contributed by atoms with van der Waals surface area (Å²) in [7, 11) is -3.64. The number of nitro groups is 1. The minimum atomic E-state index is -3.64. The number of nitrogens with zero attached hydrogens (tertiary/aromatic N) is 2. The van der Waals surface area contributed by atoms with E-state index in [-0.39, 0.29) is 10.6 Å². The maximum absolute atomic E-state index is 12.8. The van der Waals surface area contributed by atoms with E-state index in [1.54, 1.807) is 0 Å². The van der Waals surface area contributed by atoms with Crippen LogP contribution in [0.1, 0.15) is 19.3 Å². The van der Waals surface area contributed by atoms with Gasteiger partial charge < -0.3 is 4.74 Å². The third kappa shape index (κ3) is 2.33. The molecule has 1 heterocycles. The molecule has 0 bridgehead atoms. The molecule has 1 aliphatic carbocycles. The first kappa shape index (κ1) is 14.4. The second kappa shape index (κ2) is 5.04. The van der Waals surface area contributed by atoms with E-state index < -0.39 is 20.5 Å². The van der Waals surface area contributed by atoms with Crippen LogP contribution in [-0.2, 0) is 14.8 Å². The average molecular weight is 312 g/mol. The first-order chi connectivity index (χ1) is 9.96. The van der Waals surface area contributed by atoms with Gasteiger partial charge >= 0.3 is 0 Å². The van der Waals surface area contributed by atoms with Gasteiger partial charge in [0, 0.05) is 18.7 Å². The summed E-state index contributed by atoms with van der Waals surface area (Å²) in [5.74, 6) is 0. The van der Waals surface area contributed by atoms with Gasteiger partial charge in [-0.05, 0) is 31.4 Å². The zero-order valence-electron chi connectivity index (χ0n) is 11.4. The fourth-order valence-corrected chi connectivity index (χ4v) is 4.73. The molecular weight excluding hydrogens is 296 g/mol. The Labute approximate surface area is 122 Å². The van der Waals surface area contributed by atoms with Gasteiger partial charge in [0.25, 0.3) is 5.69 Å². The van der Waals surface area contributed by atoms with E-state index >= 15 is 0 Å². The standard InChI is InChI=1S/C13H16N2O5S/c16-15(17)11-2-4-12(5-3-11)21(18,19)14-8-9-20-10-13(14)6-1-7-13/h2-5H,1,6-10H2. The van der Waals surface area contributed by atoms with Gasteiger partial charge in [0.15, 0.2) is 0 Å². The quantitative estimate of drug-likeness (QED) is 0.624. The molecule has 1 spiro atoms. The molecule has 114 valence electrons. The molecule has 7 nitrogen and oxygen atoms in total. The van der Waals surface area contributed by atoms with Gasteiger partial charge in [-0.2, -0.15) is 4.31 Å². The highest BCUT2D eigenvalue weighted by atomic mass is 32.2. The fourth-order valence-electron chi connectivity index (χ4n) is 2.94. The Bertz CT molecular complexity index is 652. The predicted molar refractivity (Wildman–Crippen MR) is 74.4 cm³/mol. The number of hydrogen-bond donors (Lipinski definition) is 0. The van der Waals surface area contributed by atoms with Gasteiger partial charge in [0.1, 0.15) is 0 Å². The number of sulfonamides is 1. The summed E-state index contributed by atoms with van der Waals surface area (Å²) >= 11 is 0. The molecule has 2 aliphatic rings. The van der Waals surface area contributed by atoms with Crippen molar-refractivity contribution in [2.24, 2.45) is 0 Å². The molecule has 1 aliphatic heterocycles. The predicted octanol–water partition coefficient (Wildman–Crippen LogP) is 1.54. The van der Waals surface area contributed by atoms with E-state index in [0.717, 1.165) is 19.3 Å². The minimum absolute atomic E-state index is 0.0984. The van der Waals surface area contributed by atoms with Crippen molar-refractivity contribution >= 4 is 15.7 Å². The maximum Gasteiger partial charge on any atom is 0.269 e. The minimum Gasteiger partial charge on any atom is -0.378 e. The Balaban J connectivity index is 1.93. The highest BCUT2D eigenvalue weighted by molar-refractivity contribution is 7.89. The van der Waals surface area contributed by atoms with E-state index in [4.69, 9.17) is 4.74 Å². The van der Waals surface area contributed by atoms with E-state index in [9.17, 15) is 18.5 Å². The SMILES string of the molecule is O=[N+]([O-])c1ccc(S(=O)(=O)N2CCOCC23CCC3)cc1. The molecule has 8 heteroatoms. The summed E-state index contributed by atoms with van der Waals surface area (Å²) < 4.78 is 32.5. The molecule has 1 aromatic carbocycles. The number of non-ortho nitro benzene ring substituents is 1. The summed E-state index contributed by atoms with van der Waals surface area (Å²) in [6.07, 6.45) is 2.61. The Morgan fingerprint density at radius 1 is 1.24 bits per heavy atom. The van der Waals surface area contributed by atoms with E-state index in [0.29, 0.717) is 19.8 Å². The average Bonchev–Trinajstić information content (AvgIpc) is 2.45. The first-order valence-electron chi connectivity index (χ1n) is 6.81. The molecular formula is C13H16N2O5S. The smallest absolute Gasteiger partial charge is 0.269 e. The second-order valence-electron chi connectivity index (χ2n) is 5.46.